The SMILES string of the molecule is CCCCCCCCCCN(Cc1ccccc1)C(=O)NC1CCCCC1O. The maximum atomic E-state index is 12.9. The fourth-order valence-electron chi connectivity index (χ4n) is 4.02. The number of rotatable bonds is 12. The third-order valence-corrected chi connectivity index (χ3v) is 5.82. The van der Waals surface area contributed by atoms with E-state index < -0.39 is 6.10 Å². The number of benzene rings is 1. The minimum absolute atomic E-state index is 0.0299. The quantitative estimate of drug-likeness (QED) is 0.455. The number of urea groups is 1. The van der Waals surface area contributed by atoms with Gasteiger partial charge in [0.2, 0.25) is 0 Å². The number of aliphatic hydroxyl groups is 1. The zero-order valence-electron chi connectivity index (χ0n) is 17.7. The molecule has 2 amide bonds. The second-order valence-electron chi connectivity index (χ2n) is 8.29. The second-order valence-corrected chi connectivity index (χ2v) is 8.29. The van der Waals surface area contributed by atoms with Crippen molar-refractivity contribution in [3.05, 3.63) is 35.9 Å². The monoisotopic (exact) mass is 388 g/mol. The van der Waals surface area contributed by atoms with Crippen molar-refractivity contribution in [2.45, 2.75) is 103 Å². The van der Waals surface area contributed by atoms with Gasteiger partial charge in [-0.15, -0.1) is 0 Å². The third kappa shape index (κ3) is 8.64. The van der Waals surface area contributed by atoms with Crippen LogP contribution in [0.1, 0.15) is 89.5 Å². The zero-order chi connectivity index (χ0) is 20.0. The summed E-state index contributed by atoms with van der Waals surface area (Å²) in [5.41, 5.74) is 1.15. The molecule has 0 saturated heterocycles. The molecule has 2 unspecified atom stereocenters. The first-order chi connectivity index (χ1) is 13.7. The lowest BCUT2D eigenvalue weighted by molar-refractivity contribution is 0.0893. The molecule has 2 rings (SSSR count). The molecule has 0 aliphatic heterocycles. The molecule has 0 heterocycles. The third-order valence-electron chi connectivity index (χ3n) is 5.82. The molecule has 0 aromatic heterocycles. The van der Waals surface area contributed by atoms with Crippen LogP contribution in [0.3, 0.4) is 0 Å². The van der Waals surface area contributed by atoms with Crippen molar-refractivity contribution < 1.29 is 9.90 Å². The zero-order valence-corrected chi connectivity index (χ0v) is 17.7. The van der Waals surface area contributed by atoms with Gasteiger partial charge < -0.3 is 15.3 Å². The van der Waals surface area contributed by atoms with Crippen molar-refractivity contribution in [1.29, 1.82) is 0 Å². The van der Waals surface area contributed by atoms with Crippen LogP contribution in [0, 0.1) is 0 Å². The van der Waals surface area contributed by atoms with Gasteiger partial charge >= 0.3 is 6.03 Å². The molecule has 4 nitrogen and oxygen atoms in total. The Morgan fingerprint density at radius 3 is 2.32 bits per heavy atom. The minimum atomic E-state index is -0.403. The van der Waals surface area contributed by atoms with E-state index in [0.717, 1.165) is 44.2 Å². The largest absolute Gasteiger partial charge is 0.391 e. The van der Waals surface area contributed by atoms with E-state index in [9.17, 15) is 9.90 Å². The van der Waals surface area contributed by atoms with Crippen LogP contribution in [0.25, 0.3) is 0 Å². The number of carbonyl (C=O) groups excluding carboxylic acids is 1. The lowest BCUT2D eigenvalue weighted by atomic mass is 9.93. The van der Waals surface area contributed by atoms with Crippen LogP contribution in [0.2, 0.25) is 0 Å². The predicted octanol–water partition coefficient (Wildman–Crippen LogP) is 5.64. The number of hydrogen-bond donors (Lipinski definition) is 2. The van der Waals surface area contributed by atoms with Crippen LogP contribution in [0.4, 0.5) is 4.79 Å². The van der Waals surface area contributed by atoms with Crippen LogP contribution in [-0.4, -0.2) is 34.7 Å². The Hall–Kier alpha value is -1.55. The topological polar surface area (TPSA) is 52.6 Å². The van der Waals surface area contributed by atoms with E-state index in [0.29, 0.717) is 6.54 Å². The molecular formula is C24H40N2O2. The van der Waals surface area contributed by atoms with Gasteiger partial charge in [0.1, 0.15) is 0 Å². The van der Waals surface area contributed by atoms with Gasteiger partial charge in [0.15, 0.2) is 0 Å². The highest BCUT2D eigenvalue weighted by Crippen LogP contribution is 2.19. The van der Waals surface area contributed by atoms with Gasteiger partial charge in [-0.25, -0.2) is 4.79 Å². The van der Waals surface area contributed by atoms with E-state index in [4.69, 9.17) is 0 Å². The highest BCUT2D eigenvalue weighted by molar-refractivity contribution is 5.74. The average molecular weight is 389 g/mol. The molecule has 1 aliphatic rings. The maximum Gasteiger partial charge on any atom is 0.318 e. The van der Waals surface area contributed by atoms with Crippen molar-refractivity contribution in [2.24, 2.45) is 0 Å². The fourth-order valence-corrected chi connectivity index (χ4v) is 4.02. The van der Waals surface area contributed by atoms with Gasteiger partial charge in [-0.2, -0.15) is 0 Å². The van der Waals surface area contributed by atoms with Crippen molar-refractivity contribution in [3.63, 3.8) is 0 Å². The molecule has 1 aromatic rings. The molecule has 4 heteroatoms. The summed E-state index contributed by atoms with van der Waals surface area (Å²) in [5.74, 6) is 0. The molecule has 0 spiro atoms. The fraction of sp³-hybridized carbons (Fsp3) is 0.708. The van der Waals surface area contributed by atoms with E-state index in [1.807, 2.05) is 23.1 Å². The van der Waals surface area contributed by atoms with Crippen LogP contribution in [0.15, 0.2) is 30.3 Å². The van der Waals surface area contributed by atoms with Gasteiger partial charge in [-0.05, 0) is 24.8 Å². The van der Waals surface area contributed by atoms with E-state index in [2.05, 4.69) is 24.4 Å². The van der Waals surface area contributed by atoms with Gasteiger partial charge in [0, 0.05) is 13.1 Å². The Balaban J connectivity index is 1.79. The van der Waals surface area contributed by atoms with E-state index in [-0.39, 0.29) is 12.1 Å². The summed E-state index contributed by atoms with van der Waals surface area (Å²) in [7, 11) is 0. The highest BCUT2D eigenvalue weighted by Gasteiger charge is 2.26. The molecule has 1 fully saturated rings. The molecular weight excluding hydrogens is 348 g/mol. The maximum absolute atomic E-state index is 12.9. The smallest absolute Gasteiger partial charge is 0.318 e. The number of unbranched alkanes of at least 4 members (excludes halogenated alkanes) is 7. The van der Waals surface area contributed by atoms with Gasteiger partial charge in [0.05, 0.1) is 12.1 Å². The Labute approximate surface area is 171 Å². The molecule has 1 saturated carbocycles. The summed E-state index contributed by atoms with van der Waals surface area (Å²) in [6.45, 7) is 3.66. The van der Waals surface area contributed by atoms with Crippen LogP contribution < -0.4 is 5.32 Å². The molecule has 1 aliphatic carbocycles. The predicted molar refractivity (Wildman–Crippen MR) is 116 cm³/mol. The number of nitrogens with zero attached hydrogens (tertiary/aromatic N) is 1. The number of amides is 2. The number of nitrogens with one attached hydrogen (secondary N) is 1. The average Bonchev–Trinajstić information content (AvgIpc) is 2.71. The number of hydrogen-bond acceptors (Lipinski definition) is 2. The standard InChI is InChI=1S/C24H40N2O2/c1-2-3-4-5-6-7-8-14-19-26(20-21-15-10-9-11-16-21)24(28)25-22-17-12-13-18-23(22)27/h9-11,15-16,22-23,27H,2-8,12-14,17-20H2,1H3,(H,25,28). The molecule has 0 bridgehead atoms. The highest BCUT2D eigenvalue weighted by atomic mass is 16.3. The van der Waals surface area contributed by atoms with Gasteiger partial charge in [-0.3, -0.25) is 0 Å². The molecule has 2 atom stereocenters. The van der Waals surface area contributed by atoms with E-state index >= 15 is 0 Å². The second kappa shape index (κ2) is 13.6. The lowest BCUT2D eigenvalue weighted by Gasteiger charge is -2.31. The number of carbonyl (C=O) groups is 1. The summed E-state index contributed by atoms with van der Waals surface area (Å²) in [6, 6.07) is 10.1. The summed E-state index contributed by atoms with van der Waals surface area (Å²) >= 11 is 0. The summed E-state index contributed by atoms with van der Waals surface area (Å²) in [6.07, 6.45) is 13.5. The summed E-state index contributed by atoms with van der Waals surface area (Å²) in [4.78, 5) is 14.8. The first-order valence-electron chi connectivity index (χ1n) is 11.5. The van der Waals surface area contributed by atoms with Gasteiger partial charge in [0.25, 0.3) is 0 Å². The Kier molecular flexibility index (Phi) is 11.0. The van der Waals surface area contributed by atoms with Crippen LogP contribution in [0.5, 0.6) is 0 Å². The summed E-state index contributed by atoms with van der Waals surface area (Å²) in [5, 5.41) is 13.3. The Morgan fingerprint density at radius 1 is 1.00 bits per heavy atom. The van der Waals surface area contributed by atoms with Crippen molar-refractivity contribution >= 4 is 6.03 Å². The van der Waals surface area contributed by atoms with Crippen molar-refractivity contribution in [3.8, 4) is 0 Å². The minimum Gasteiger partial charge on any atom is -0.391 e. The lowest BCUT2D eigenvalue weighted by Crippen LogP contribution is -2.50. The van der Waals surface area contributed by atoms with E-state index in [1.54, 1.807) is 0 Å². The van der Waals surface area contributed by atoms with Gasteiger partial charge in [-0.1, -0.05) is 95.0 Å². The van der Waals surface area contributed by atoms with Crippen LogP contribution in [-0.2, 0) is 6.54 Å². The van der Waals surface area contributed by atoms with E-state index in [1.165, 1.54) is 44.9 Å². The van der Waals surface area contributed by atoms with Crippen molar-refractivity contribution in [2.75, 3.05) is 6.54 Å². The molecule has 1 aromatic carbocycles. The van der Waals surface area contributed by atoms with Crippen LogP contribution >= 0.6 is 0 Å². The molecule has 0 radical (unpaired) electrons. The van der Waals surface area contributed by atoms with Crippen molar-refractivity contribution in [1.82, 2.24) is 10.2 Å². The Bertz CT molecular complexity index is 535. The first-order valence-corrected chi connectivity index (χ1v) is 11.5. The number of aliphatic hydroxyl groups excluding tert-OH is 1. The normalized spacial score (nSPS) is 19.4. The molecule has 2 N–H and O–H groups in total. The Morgan fingerprint density at radius 2 is 1.64 bits per heavy atom. The molecule has 158 valence electrons. The molecule has 28 heavy (non-hydrogen) atoms. The summed E-state index contributed by atoms with van der Waals surface area (Å²) < 4.78 is 0. The first kappa shape index (κ1) is 22.7.